The molecule has 1 aliphatic carbocycles. The van der Waals surface area contributed by atoms with Gasteiger partial charge in [0.2, 0.25) is 0 Å². The molecule has 0 N–H and O–H groups in total. The van der Waals surface area contributed by atoms with Gasteiger partial charge in [0.25, 0.3) is 0 Å². The van der Waals surface area contributed by atoms with E-state index >= 15 is 0 Å². The second-order valence-corrected chi connectivity index (χ2v) is 11.3. The molecule has 1 saturated carbocycles. The third kappa shape index (κ3) is 13.7. The predicted octanol–water partition coefficient (Wildman–Crippen LogP) is 4.99. The Labute approximate surface area is 170 Å². The molecule has 0 saturated heterocycles. The van der Waals surface area contributed by atoms with Crippen molar-refractivity contribution >= 4 is 13.9 Å². The van der Waals surface area contributed by atoms with Crippen molar-refractivity contribution in [1.82, 2.24) is 4.57 Å². The molecule has 5 radical (unpaired) electrons. The summed E-state index contributed by atoms with van der Waals surface area (Å²) in [7, 11) is 10.1. The molecule has 0 spiro atoms. The van der Waals surface area contributed by atoms with Gasteiger partial charge >= 0.3 is 60.2 Å². The second-order valence-electron chi connectivity index (χ2n) is 5.96. The van der Waals surface area contributed by atoms with E-state index in [1.807, 2.05) is 30.3 Å². The Morgan fingerprint density at radius 2 is 1.28 bits per heavy atom. The molecular formula is C19H33N4SiTa-2. The van der Waals surface area contributed by atoms with Crippen LogP contribution in [0.5, 0.6) is 0 Å². The van der Waals surface area contributed by atoms with Crippen molar-refractivity contribution in [2.24, 2.45) is 3.34 Å². The van der Waals surface area contributed by atoms with Gasteiger partial charge in [0.15, 0.2) is 0 Å². The molecule has 140 valence electrons. The van der Waals surface area contributed by atoms with Crippen molar-refractivity contribution < 1.29 is 20.9 Å². The van der Waals surface area contributed by atoms with E-state index in [0.29, 0.717) is 0 Å². The third-order valence-electron chi connectivity index (χ3n) is 3.36. The van der Waals surface area contributed by atoms with E-state index in [-0.39, 0.29) is 0 Å². The van der Waals surface area contributed by atoms with Crippen LogP contribution < -0.4 is 0 Å². The number of hydrogen-bond acceptors (Lipinski definition) is 2. The van der Waals surface area contributed by atoms with Crippen LogP contribution in [0.2, 0.25) is 13.1 Å². The van der Waals surface area contributed by atoms with Gasteiger partial charge < -0.3 is 15.2 Å². The van der Waals surface area contributed by atoms with E-state index < -0.39 is 8.24 Å². The molecule has 0 unspecified atom stereocenters. The summed E-state index contributed by atoms with van der Waals surface area (Å²) in [5.41, 5.74) is 2.60. The first-order chi connectivity index (χ1) is 11.8. The fourth-order valence-corrected chi connectivity index (χ4v) is 3.54. The van der Waals surface area contributed by atoms with Crippen molar-refractivity contribution in [2.45, 2.75) is 13.1 Å². The van der Waals surface area contributed by atoms with Crippen molar-refractivity contribution in [3.63, 3.8) is 0 Å². The average molecular weight is 527 g/mol. The number of rotatable bonds is 3. The molecule has 0 atom stereocenters. The molecule has 1 aromatic rings. The second kappa shape index (κ2) is 17.3. The van der Waals surface area contributed by atoms with Crippen LogP contribution in [0.4, 0.5) is 5.69 Å². The minimum atomic E-state index is -1.27. The molecular weight excluding hydrogens is 493 g/mol. The van der Waals surface area contributed by atoms with Crippen LogP contribution in [-0.2, 0) is 20.9 Å². The van der Waals surface area contributed by atoms with Crippen LogP contribution in [0, 0.1) is 31.2 Å². The maximum absolute atomic E-state index is 4.08. The Hall–Kier alpha value is -0.143. The van der Waals surface area contributed by atoms with Gasteiger partial charge in [-0.1, -0.05) is 13.1 Å². The van der Waals surface area contributed by atoms with Crippen LogP contribution in [0.1, 0.15) is 0 Å². The Bertz CT molecular complexity index is 405. The van der Waals surface area contributed by atoms with Crippen LogP contribution in [0.3, 0.4) is 0 Å². The van der Waals surface area contributed by atoms with Gasteiger partial charge in [0, 0.05) is 0 Å². The number of nitrogens with zero attached hydrogens (tertiary/aromatic N) is 4. The third-order valence-corrected chi connectivity index (χ3v) is 8.17. The molecule has 0 bridgehead atoms. The van der Waals surface area contributed by atoms with Crippen molar-refractivity contribution in [3.05, 3.63) is 72.2 Å². The molecule has 1 fully saturated rings. The molecule has 0 aliphatic heterocycles. The van der Waals surface area contributed by atoms with Crippen LogP contribution in [-0.4, -0.2) is 55.1 Å². The zero-order chi connectivity index (χ0) is 19.7. The van der Waals surface area contributed by atoms with Crippen molar-refractivity contribution in [1.29, 1.82) is 0 Å². The zero-order valence-corrected chi connectivity index (χ0v) is 21.1. The molecule has 4 nitrogen and oxygen atoms in total. The van der Waals surface area contributed by atoms with Gasteiger partial charge in [-0.15, -0.1) is 0 Å². The van der Waals surface area contributed by atoms with Gasteiger partial charge in [-0.05, 0) is 45.3 Å². The summed E-state index contributed by atoms with van der Waals surface area (Å²) in [6.45, 7) is 4.73. The summed E-state index contributed by atoms with van der Waals surface area (Å²) in [5, 5.41) is 7.00. The van der Waals surface area contributed by atoms with E-state index in [1.165, 1.54) is 5.54 Å². The predicted molar refractivity (Wildman–Crippen MR) is 111 cm³/mol. The van der Waals surface area contributed by atoms with Crippen LogP contribution in [0.15, 0.2) is 33.7 Å². The van der Waals surface area contributed by atoms with Gasteiger partial charge in [0.1, 0.15) is 8.24 Å². The van der Waals surface area contributed by atoms with Crippen molar-refractivity contribution in [2.75, 3.05) is 42.3 Å². The summed E-state index contributed by atoms with van der Waals surface area (Å²) < 4.78 is 6.45. The monoisotopic (exact) mass is 526 g/mol. The molecule has 6 heteroatoms. The molecule has 2 rings (SSSR count). The molecule has 1 aliphatic rings. The van der Waals surface area contributed by atoms with Crippen LogP contribution >= 0.6 is 0 Å². The Morgan fingerprint density at radius 3 is 1.56 bits per heavy atom. The first-order valence-corrected chi connectivity index (χ1v) is 12.5. The van der Waals surface area contributed by atoms with Crippen LogP contribution in [0.25, 0.3) is 10.6 Å². The van der Waals surface area contributed by atoms with E-state index in [9.17, 15) is 0 Å². The number of benzene rings is 1. The number of hydrogen-bond donors (Lipinski definition) is 0. The molecule has 25 heavy (non-hydrogen) atoms. The zero-order valence-electron chi connectivity index (χ0n) is 16.9. The Balaban J connectivity index is 0. The quantitative estimate of drug-likeness (QED) is 0.512. The SMILES string of the molecule is CN(C)[Si](C)(C)[C]1[CH][CH][CH][CH]1.C[N-]C.C[N-]C.[Ta]=[N]c1ccccc1. The first kappa shape index (κ1) is 27.1. The Kier molecular flexibility index (Phi) is 18.7. The topological polar surface area (TPSA) is 43.8 Å². The Morgan fingerprint density at radius 1 is 0.880 bits per heavy atom. The molecule has 0 heterocycles. The van der Waals surface area contributed by atoms with Gasteiger partial charge in [-0.2, -0.15) is 28.2 Å². The summed E-state index contributed by atoms with van der Waals surface area (Å²) >= 11 is 1.08. The van der Waals surface area contributed by atoms with E-state index in [4.69, 9.17) is 0 Å². The minimum absolute atomic E-state index is 1.08. The summed E-state index contributed by atoms with van der Waals surface area (Å²) in [6.07, 6.45) is 8.69. The molecule has 1 aromatic carbocycles. The fourth-order valence-electron chi connectivity index (χ4n) is 1.53. The first-order valence-electron chi connectivity index (χ1n) is 8.07. The fraction of sp³-hybridized carbons (Fsp3) is 0.421. The van der Waals surface area contributed by atoms with Gasteiger partial charge in [0.05, 0.1) is 0 Å². The maximum atomic E-state index is 4.08. The van der Waals surface area contributed by atoms with E-state index in [0.717, 1.165) is 26.6 Å². The average Bonchev–Trinajstić information content (AvgIpc) is 3.13. The standard InChI is InChI=1S/C9H16NSi.C6H5N.2C2H6N.Ta/c1-10(2)11(3,4)9-7-5-6-8-9;7-6-4-2-1-3-5-6;2*1-3-2;/h5-8H,1-4H3;1-5H;2*1-2H3;/q;;2*-1;. The molecule has 0 amide bonds. The summed E-state index contributed by atoms with van der Waals surface area (Å²) in [4.78, 5) is 0. The van der Waals surface area contributed by atoms with Crippen molar-refractivity contribution in [3.8, 4) is 0 Å². The van der Waals surface area contributed by atoms with E-state index in [1.54, 1.807) is 28.2 Å². The van der Waals surface area contributed by atoms with E-state index in [2.05, 4.69) is 71.4 Å². The normalized spacial score (nSPS) is 13.6. The summed E-state index contributed by atoms with van der Waals surface area (Å²) in [5.74, 6) is 0. The van der Waals surface area contributed by atoms with Gasteiger partial charge in [-0.25, -0.2) is 0 Å². The van der Waals surface area contributed by atoms with Gasteiger partial charge in [-0.3, -0.25) is 0 Å². The summed E-state index contributed by atoms with van der Waals surface area (Å²) in [6, 6.07) is 9.98. The molecule has 0 aromatic heterocycles.